The molecule has 2 aliphatic carbocycles. The number of rotatable bonds is 2. The van der Waals surface area contributed by atoms with E-state index in [4.69, 9.17) is 5.73 Å². The highest BCUT2D eigenvalue weighted by molar-refractivity contribution is 7.86. The molecule has 2 N–H and O–H groups in total. The molecule has 3 heteroatoms. The van der Waals surface area contributed by atoms with Gasteiger partial charge in [-0.1, -0.05) is 26.2 Å². The molecule has 2 fully saturated rings. The molecule has 2 saturated carbocycles. The highest BCUT2D eigenvalue weighted by Gasteiger charge is 2.37. The van der Waals surface area contributed by atoms with Gasteiger partial charge in [-0.2, -0.15) is 0 Å². The Morgan fingerprint density at radius 3 is 2.27 bits per heavy atom. The molecule has 0 saturated heterocycles. The van der Waals surface area contributed by atoms with E-state index in [9.17, 15) is 4.21 Å². The number of nitrogens with two attached hydrogens (primary N) is 1. The van der Waals surface area contributed by atoms with E-state index in [1.54, 1.807) is 0 Å². The van der Waals surface area contributed by atoms with E-state index in [1.807, 2.05) is 0 Å². The largest absolute Gasteiger partial charge is 0.327 e. The van der Waals surface area contributed by atoms with Gasteiger partial charge in [0.15, 0.2) is 0 Å². The third-order valence-corrected chi connectivity index (χ3v) is 6.62. The molecule has 88 valence electrons. The second-order valence-corrected chi connectivity index (χ2v) is 7.16. The molecule has 2 rings (SSSR count). The van der Waals surface area contributed by atoms with E-state index >= 15 is 0 Å². The SMILES string of the molecule is CC1C(N)CCC1S(=O)C1CCCCC1. The van der Waals surface area contributed by atoms with E-state index in [0.717, 1.165) is 12.8 Å². The van der Waals surface area contributed by atoms with Crippen LogP contribution in [0.1, 0.15) is 51.9 Å². The van der Waals surface area contributed by atoms with Gasteiger partial charge >= 0.3 is 0 Å². The first-order valence-corrected chi connectivity index (χ1v) is 7.62. The average Bonchev–Trinajstić information content (AvgIpc) is 2.60. The van der Waals surface area contributed by atoms with Crippen molar-refractivity contribution in [1.29, 1.82) is 0 Å². The minimum absolute atomic E-state index is 0.294. The standard InChI is InChI=1S/C12H23NOS/c1-9-11(13)7-8-12(9)15(14)10-5-3-2-4-6-10/h9-12H,2-8,13H2,1H3. The van der Waals surface area contributed by atoms with Gasteiger partial charge in [-0.25, -0.2) is 0 Å². The second-order valence-electron chi connectivity index (χ2n) is 5.23. The molecule has 0 aromatic heterocycles. The predicted octanol–water partition coefficient (Wildman–Crippen LogP) is 2.19. The van der Waals surface area contributed by atoms with Crippen LogP contribution in [0.15, 0.2) is 0 Å². The molecule has 0 radical (unpaired) electrons. The Balaban J connectivity index is 1.95. The van der Waals surface area contributed by atoms with Crippen LogP contribution in [0.25, 0.3) is 0 Å². The first-order valence-electron chi connectivity index (χ1n) is 6.35. The van der Waals surface area contributed by atoms with Crippen LogP contribution in [0.3, 0.4) is 0 Å². The van der Waals surface area contributed by atoms with Crippen molar-refractivity contribution in [1.82, 2.24) is 0 Å². The van der Waals surface area contributed by atoms with E-state index in [-0.39, 0.29) is 0 Å². The van der Waals surface area contributed by atoms with Gasteiger partial charge in [0.2, 0.25) is 0 Å². The molecule has 2 aliphatic rings. The zero-order chi connectivity index (χ0) is 10.8. The van der Waals surface area contributed by atoms with Gasteiger partial charge in [-0.05, 0) is 31.6 Å². The summed E-state index contributed by atoms with van der Waals surface area (Å²) in [6.07, 6.45) is 8.44. The summed E-state index contributed by atoms with van der Waals surface area (Å²) in [5.41, 5.74) is 6.00. The van der Waals surface area contributed by atoms with Crippen LogP contribution in [0, 0.1) is 5.92 Å². The Labute approximate surface area is 95.5 Å². The third kappa shape index (κ3) is 2.44. The molecule has 2 nitrogen and oxygen atoms in total. The summed E-state index contributed by atoms with van der Waals surface area (Å²) in [6, 6.07) is 0.294. The number of hydrogen-bond acceptors (Lipinski definition) is 2. The van der Waals surface area contributed by atoms with Crippen LogP contribution in [0.5, 0.6) is 0 Å². The first kappa shape index (κ1) is 11.6. The predicted molar refractivity (Wildman–Crippen MR) is 65.2 cm³/mol. The smallest absolute Gasteiger partial charge is 0.0391 e. The van der Waals surface area contributed by atoms with Crippen molar-refractivity contribution in [2.45, 2.75) is 68.4 Å². The highest BCUT2D eigenvalue weighted by Crippen LogP contribution is 2.33. The summed E-state index contributed by atoms with van der Waals surface area (Å²) >= 11 is 0. The lowest BCUT2D eigenvalue weighted by Crippen LogP contribution is -2.34. The maximum absolute atomic E-state index is 12.4. The van der Waals surface area contributed by atoms with Crippen molar-refractivity contribution >= 4 is 10.8 Å². The molecule has 0 aromatic carbocycles. The lowest BCUT2D eigenvalue weighted by atomic mass is 10.0. The van der Waals surface area contributed by atoms with E-state index in [1.165, 1.54) is 32.1 Å². The molecule has 4 unspecified atom stereocenters. The quantitative estimate of drug-likeness (QED) is 0.789. The summed E-state index contributed by atoms with van der Waals surface area (Å²) in [5.74, 6) is 0.466. The Hall–Kier alpha value is 0.110. The summed E-state index contributed by atoms with van der Waals surface area (Å²) in [4.78, 5) is 0. The van der Waals surface area contributed by atoms with Crippen molar-refractivity contribution in [3.05, 3.63) is 0 Å². The molecular formula is C12H23NOS. The minimum atomic E-state index is -0.613. The van der Waals surface area contributed by atoms with Gasteiger partial charge in [0.25, 0.3) is 0 Å². The fraction of sp³-hybridized carbons (Fsp3) is 1.00. The topological polar surface area (TPSA) is 43.1 Å². The molecule has 0 aromatic rings. The zero-order valence-electron chi connectivity index (χ0n) is 9.65. The fourth-order valence-corrected chi connectivity index (χ4v) is 5.32. The van der Waals surface area contributed by atoms with Gasteiger partial charge in [-0.3, -0.25) is 4.21 Å². The molecule has 0 bridgehead atoms. The monoisotopic (exact) mass is 229 g/mol. The summed E-state index contributed by atoms with van der Waals surface area (Å²) in [7, 11) is -0.613. The Kier molecular flexibility index (Phi) is 3.83. The van der Waals surface area contributed by atoms with Gasteiger partial charge in [-0.15, -0.1) is 0 Å². The van der Waals surface area contributed by atoms with E-state index in [2.05, 4.69) is 6.92 Å². The van der Waals surface area contributed by atoms with Crippen molar-refractivity contribution in [2.24, 2.45) is 11.7 Å². The second kappa shape index (κ2) is 4.96. The Morgan fingerprint density at radius 1 is 1.07 bits per heavy atom. The molecule has 0 aliphatic heterocycles. The minimum Gasteiger partial charge on any atom is -0.327 e. The lowest BCUT2D eigenvalue weighted by Gasteiger charge is -2.26. The van der Waals surface area contributed by atoms with Crippen molar-refractivity contribution in [3.8, 4) is 0 Å². The summed E-state index contributed by atoms with van der Waals surface area (Å²) in [5, 5.41) is 0.875. The van der Waals surface area contributed by atoms with Crippen molar-refractivity contribution < 1.29 is 4.21 Å². The van der Waals surface area contributed by atoms with Crippen molar-refractivity contribution in [2.75, 3.05) is 0 Å². The highest BCUT2D eigenvalue weighted by atomic mass is 32.2. The maximum atomic E-state index is 12.4. The van der Waals surface area contributed by atoms with E-state index < -0.39 is 10.8 Å². The Morgan fingerprint density at radius 2 is 1.73 bits per heavy atom. The van der Waals surface area contributed by atoms with Crippen LogP contribution in [-0.4, -0.2) is 20.8 Å². The van der Waals surface area contributed by atoms with Gasteiger partial charge in [0.05, 0.1) is 0 Å². The van der Waals surface area contributed by atoms with Crippen LogP contribution in [-0.2, 0) is 10.8 Å². The molecule has 0 heterocycles. The average molecular weight is 229 g/mol. The molecule has 0 amide bonds. The molecule has 4 atom stereocenters. The first-order chi connectivity index (χ1) is 7.20. The molecular weight excluding hydrogens is 206 g/mol. The number of hydrogen-bond donors (Lipinski definition) is 1. The fourth-order valence-electron chi connectivity index (χ4n) is 3.03. The van der Waals surface area contributed by atoms with Crippen LogP contribution in [0.4, 0.5) is 0 Å². The van der Waals surface area contributed by atoms with Gasteiger partial charge in [0, 0.05) is 27.3 Å². The molecule has 0 spiro atoms. The lowest BCUT2D eigenvalue weighted by molar-refractivity contribution is 0.488. The Bertz CT molecular complexity index is 238. The zero-order valence-corrected chi connectivity index (χ0v) is 10.5. The van der Waals surface area contributed by atoms with Gasteiger partial charge in [0.1, 0.15) is 0 Å². The normalized spacial score (nSPS) is 40.5. The van der Waals surface area contributed by atoms with Crippen LogP contribution < -0.4 is 5.73 Å². The van der Waals surface area contributed by atoms with Crippen LogP contribution >= 0.6 is 0 Å². The van der Waals surface area contributed by atoms with Crippen LogP contribution in [0.2, 0.25) is 0 Å². The maximum Gasteiger partial charge on any atom is 0.0391 e. The van der Waals surface area contributed by atoms with Gasteiger partial charge < -0.3 is 5.73 Å². The molecule has 15 heavy (non-hydrogen) atoms. The summed E-state index contributed by atoms with van der Waals surface area (Å²) in [6.45, 7) is 2.18. The van der Waals surface area contributed by atoms with Crippen molar-refractivity contribution in [3.63, 3.8) is 0 Å². The third-order valence-electron chi connectivity index (χ3n) is 4.23. The van der Waals surface area contributed by atoms with E-state index in [0.29, 0.717) is 22.5 Å². The summed E-state index contributed by atoms with van der Waals surface area (Å²) < 4.78 is 12.4.